The standard InChI is InChI=1S/C18H18ClNS/c1-12-7-8-15(16(19)9-12)17(20-2)10-13-11-21-18-6-4-3-5-14(13)18/h3-9,11,17,20H,10H2,1-2H3. The molecule has 1 nitrogen and oxygen atoms in total. The second-order valence-electron chi connectivity index (χ2n) is 5.33. The smallest absolute Gasteiger partial charge is 0.0456 e. The molecule has 1 aromatic heterocycles. The molecule has 1 unspecified atom stereocenters. The van der Waals surface area contributed by atoms with Crippen LogP contribution in [-0.4, -0.2) is 7.05 Å². The summed E-state index contributed by atoms with van der Waals surface area (Å²) in [5, 5.41) is 7.86. The fraction of sp³-hybridized carbons (Fsp3) is 0.222. The number of rotatable bonds is 4. The van der Waals surface area contributed by atoms with Gasteiger partial charge >= 0.3 is 0 Å². The molecule has 1 heterocycles. The molecule has 0 radical (unpaired) electrons. The molecule has 0 saturated carbocycles. The van der Waals surface area contributed by atoms with E-state index in [0.29, 0.717) is 0 Å². The molecule has 0 aliphatic carbocycles. The third-order valence-electron chi connectivity index (χ3n) is 3.87. The van der Waals surface area contributed by atoms with Crippen LogP contribution in [0.25, 0.3) is 10.1 Å². The van der Waals surface area contributed by atoms with Gasteiger partial charge in [-0.05, 0) is 60.0 Å². The average Bonchev–Trinajstić information content (AvgIpc) is 2.89. The number of halogens is 1. The Kier molecular flexibility index (Phi) is 4.29. The van der Waals surface area contributed by atoms with Gasteiger partial charge in [0.15, 0.2) is 0 Å². The summed E-state index contributed by atoms with van der Waals surface area (Å²) in [6.07, 6.45) is 0.948. The van der Waals surface area contributed by atoms with Crippen LogP contribution in [0.1, 0.15) is 22.7 Å². The molecule has 1 N–H and O–H groups in total. The van der Waals surface area contributed by atoms with Crippen molar-refractivity contribution in [1.82, 2.24) is 5.32 Å². The van der Waals surface area contributed by atoms with Crippen molar-refractivity contribution in [2.45, 2.75) is 19.4 Å². The topological polar surface area (TPSA) is 12.0 Å². The van der Waals surface area contributed by atoms with Crippen LogP contribution in [0.3, 0.4) is 0 Å². The molecule has 21 heavy (non-hydrogen) atoms. The van der Waals surface area contributed by atoms with Gasteiger partial charge in [0.25, 0.3) is 0 Å². The third kappa shape index (κ3) is 2.98. The summed E-state index contributed by atoms with van der Waals surface area (Å²) in [5.41, 5.74) is 3.74. The minimum Gasteiger partial charge on any atom is -0.313 e. The van der Waals surface area contributed by atoms with E-state index in [9.17, 15) is 0 Å². The number of thiophene rings is 1. The Morgan fingerprint density at radius 2 is 2.00 bits per heavy atom. The monoisotopic (exact) mass is 315 g/mol. The van der Waals surface area contributed by atoms with Crippen molar-refractivity contribution in [3.05, 3.63) is 69.6 Å². The molecule has 1 atom stereocenters. The molecule has 3 heteroatoms. The van der Waals surface area contributed by atoms with Crippen molar-refractivity contribution in [1.29, 1.82) is 0 Å². The molecular weight excluding hydrogens is 298 g/mol. The molecule has 0 aliphatic heterocycles. The normalized spacial score (nSPS) is 12.7. The van der Waals surface area contributed by atoms with Crippen LogP contribution in [0.5, 0.6) is 0 Å². The van der Waals surface area contributed by atoms with Crippen LogP contribution in [0.4, 0.5) is 0 Å². The number of hydrogen-bond donors (Lipinski definition) is 1. The van der Waals surface area contributed by atoms with Crippen LogP contribution in [0, 0.1) is 6.92 Å². The van der Waals surface area contributed by atoms with Crippen molar-refractivity contribution in [2.75, 3.05) is 7.05 Å². The number of likely N-dealkylation sites (N-methyl/N-ethyl adjacent to an activating group) is 1. The first-order chi connectivity index (χ1) is 10.2. The second kappa shape index (κ2) is 6.18. The Morgan fingerprint density at radius 1 is 1.19 bits per heavy atom. The lowest BCUT2D eigenvalue weighted by Gasteiger charge is -2.18. The van der Waals surface area contributed by atoms with Crippen LogP contribution >= 0.6 is 22.9 Å². The lowest BCUT2D eigenvalue weighted by Crippen LogP contribution is -2.19. The summed E-state index contributed by atoms with van der Waals surface area (Å²) in [5.74, 6) is 0. The maximum absolute atomic E-state index is 6.42. The van der Waals surface area contributed by atoms with E-state index in [1.807, 2.05) is 24.5 Å². The number of hydrogen-bond acceptors (Lipinski definition) is 2. The van der Waals surface area contributed by atoms with Gasteiger partial charge in [-0.1, -0.05) is 41.9 Å². The summed E-state index contributed by atoms with van der Waals surface area (Å²) >= 11 is 8.23. The van der Waals surface area contributed by atoms with Crippen molar-refractivity contribution in [2.24, 2.45) is 0 Å². The predicted molar refractivity (Wildman–Crippen MR) is 93.5 cm³/mol. The third-order valence-corrected chi connectivity index (χ3v) is 5.20. The second-order valence-corrected chi connectivity index (χ2v) is 6.65. The molecule has 3 rings (SSSR count). The summed E-state index contributed by atoms with van der Waals surface area (Å²) < 4.78 is 1.34. The van der Waals surface area contributed by atoms with Gasteiger partial charge in [-0.3, -0.25) is 0 Å². The number of benzene rings is 2. The molecule has 0 bridgehead atoms. The molecule has 0 fully saturated rings. The van der Waals surface area contributed by atoms with E-state index in [1.54, 1.807) is 0 Å². The minimum absolute atomic E-state index is 0.233. The number of aryl methyl sites for hydroxylation is 1. The van der Waals surface area contributed by atoms with Gasteiger partial charge in [-0.25, -0.2) is 0 Å². The summed E-state index contributed by atoms with van der Waals surface area (Å²) in [7, 11) is 2.00. The Balaban J connectivity index is 1.94. The lowest BCUT2D eigenvalue weighted by atomic mass is 9.98. The predicted octanol–water partition coefficient (Wildman–Crippen LogP) is 5.37. The van der Waals surface area contributed by atoms with Gasteiger partial charge < -0.3 is 5.32 Å². The van der Waals surface area contributed by atoms with Gasteiger partial charge in [0.2, 0.25) is 0 Å². The molecule has 108 valence electrons. The zero-order chi connectivity index (χ0) is 14.8. The van der Waals surface area contributed by atoms with Crippen molar-refractivity contribution in [3.8, 4) is 0 Å². The van der Waals surface area contributed by atoms with E-state index in [0.717, 1.165) is 11.4 Å². The van der Waals surface area contributed by atoms with Crippen molar-refractivity contribution >= 4 is 33.0 Å². The fourth-order valence-electron chi connectivity index (χ4n) is 2.69. The van der Waals surface area contributed by atoms with Gasteiger partial charge in [-0.15, -0.1) is 11.3 Å². The van der Waals surface area contributed by atoms with Crippen LogP contribution in [0.15, 0.2) is 47.8 Å². The molecule has 0 saturated heterocycles. The fourth-order valence-corrected chi connectivity index (χ4v) is 4.04. The largest absolute Gasteiger partial charge is 0.313 e. The highest BCUT2D eigenvalue weighted by molar-refractivity contribution is 7.17. The highest BCUT2D eigenvalue weighted by atomic mass is 35.5. The molecule has 0 spiro atoms. The van der Waals surface area contributed by atoms with Crippen LogP contribution in [0.2, 0.25) is 5.02 Å². The van der Waals surface area contributed by atoms with Crippen LogP contribution < -0.4 is 5.32 Å². The van der Waals surface area contributed by atoms with E-state index in [1.165, 1.54) is 26.8 Å². The average molecular weight is 316 g/mol. The highest BCUT2D eigenvalue weighted by Crippen LogP contribution is 2.31. The minimum atomic E-state index is 0.233. The Morgan fingerprint density at radius 3 is 2.76 bits per heavy atom. The van der Waals surface area contributed by atoms with Crippen LogP contribution in [-0.2, 0) is 6.42 Å². The SMILES string of the molecule is CNC(Cc1csc2ccccc12)c1ccc(C)cc1Cl. The molecular formula is C18H18ClNS. The van der Waals surface area contributed by atoms with Crippen molar-refractivity contribution < 1.29 is 0 Å². The first-order valence-electron chi connectivity index (χ1n) is 7.07. The van der Waals surface area contributed by atoms with Gasteiger partial charge in [0.05, 0.1) is 0 Å². The Hall–Kier alpha value is -1.35. The lowest BCUT2D eigenvalue weighted by molar-refractivity contribution is 0.594. The molecule has 0 aliphatic rings. The number of fused-ring (bicyclic) bond motifs is 1. The zero-order valence-electron chi connectivity index (χ0n) is 12.2. The van der Waals surface area contributed by atoms with E-state index in [4.69, 9.17) is 11.6 Å². The quantitative estimate of drug-likeness (QED) is 0.683. The maximum atomic E-state index is 6.42. The Labute approximate surface area is 134 Å². The molecule has 2 aromatic carbocycles. The summed E-state index contributed by atoms with van der Waals surface area (Å²) in [4.78, 5) is 0. The Bertz CT molecular complexity index is 763. The van der Waals surface area contributed by atoms with Gasteiger partial charge in [0, 0.05) is 15.8 Å². The van der Waals surface area contributed by atoms with Gasteiger partial charge in [0.1, 0.15) is 0 Å². The zero-order valence-corrected chi connectivity index (χ0v) is 13.8. The van der Waals surface area contributed by atoms with E-state index in [2.05, 4.69) is 54.0 Å². The molecule has 0 amide bonds. The maximum Gasteiger partial charge on any atom is 0.0456 e. The van der Waals surface area contributed by atoms with E-state index < -0.39 is 0 Å². The number of nitrogens with one attached hydrogen (secondary N) is 1. The van der Waals surface area contributed by atoms with E-state index >= 15 is 0 Å². The van der Waals surface area contributed by atoms with Gasteiger partial charge in [-0.2, -0.15) is 0 Å². The van der Waals surface area contributed by atoms with E-state index in [-0.39, 0.29) is 6.04 Å². The first kappa shape index (κ1) is 14.6. The first-order valence-corrected chi connectivity index (χ1v) is 8.33. The van der Waals surface area contributed by atoms with Crippen molar-refractivity contribution in [3.63, 3.8) is 0 Å². The highest BCUT2D eigenvalue weighted by Gasteiger charge is 2.15. The summed E-state index contributed by atoms with van der Waals surface area (Å²) in [6, 6.07) is 15.1. The molecule has 3 aromatic rings. The summed E-state index contributed by atoms with van der Waals surface area (Å²) in [6.45, 7) is 2.07.